The van der Waals surface area contributed by atoms with Gasteiger partial charge in [0.15, 0.2) is 0 Å². The molecule has 3 rings (SSSR count). The summed E-state index contributed by atoms with van der Waals surface area (Å²) in [7, 11) is 0. The summed E-state index contributed by atoms with van der Waals surface area (Å²) in [6.45, 7) is 0.602. The second kappa shape index (κ2) is 4.40. The van der Waals surface area contributed by atoms with Crippen LogP contribution in [0.5, 0.6) is 0 Å². The van der Waals surface area contributed by atoms with E-state index in [4.69, 9.17) is 0 Å². The Hall–Kier alpha value is -2.50. The van der Waals surface area contributed by atoms with Gasteiger partial charge in [-0.15, -0.1) is 5.10 Å². The molecule has 0 aliphatic rings. The van der Waals surface area contributed by atoms with Crippen LogP contribution in [0.4, 0.5) is 4.39 Å². The molecular weight excluding hydrogens is 233 g/mol. The molecule has 1 aromatic carbocycles. The van der Waals surface area contributed by atoms with Crippen molar-refractivity contribution in [2.24, 2.45) is 0 Å². The normalized spacial score (nSPS) is 10.7. The number of aromatic amines is 1. The predicted molar refractivity (Wildman–Crippen MR) is 63.1 cm³/mol. The maximum Gasteiger partial charge on any atom is 0.123 e. The highest BCUT2D eigenvalue weighted by Crippen LogP contribution is 2.17. The van der Waals surface area contributed by atoms with Gasteiger partial charge in [-0.3, -0.25) is 5.10 Å². The first kappa shape index (κ1) is 10.6. The first-order chi connectivity index (χ1) is 8.81. The maximum absolute atomic E-state index is 12.8. The number of rotatable bonds is 3. The number of halogens is 1. The monoisotopic (exact) mass is 243 g/mol. The van der Waals surface area contributed by atoms with E-state index >= 15 is 0 Å². The van der Waals surface area contributed by atoms with Crippen molar-refractivity contribution in [3.8, 4) is 11.3 Å². The van der Waals surface area contributed by atoms with Gasteiger partial charge < -0.3 is 4.57 Å². The summed E-state index contributed by atoms with van der Waals surface area (Å²) in [5.74, 6) is -0.249. The molecular formula is C12H10FN5. The molecule has 0 saturated heterocycles. The number of imidazole rings is 1. The van der Waals surface area contributed by atoms with Crippen molar-refractivity contribution in [3.63, 3.8) is 0 Å². The third-order valence-electron chi connectivity index (χ3n) is 2.59. The summed E-state index contributed by atoms with van der Waals surface area (Å²) >= 11 is 0. The van der Waals surface area contributed by atoms with Crippen molar-refractivity contribution in [2.75, 3.05) is 0 Å². The summed E-state index contributed by atoms with van der Waals surface area (Å²) < 4.78 is 14.7. The lowest BCUT2D eigenvalue weighted by molar-refractivity contribution is 0.628. The van der Waals surface area contributed by atoms with Crippen LogP contribution >= 0.6 is 0 Å². The Labute approximate surface area is 102 Å². The molecule has 0 amide bonds. The molecule has 0 spiro atoms. The van der Waals surface area contributed by atoms with Crippen LogP contribution in [-0.4, -0.2) is 25.0 Å². The predicted octanol–water partition coefficient (Wildman–Crippen LogP) is 1.86. The lowest BCUT2D eigenvalue weighted by Gasteiger charge is -1.97. The first-order valence-corrected chi connectivity index (χ1v) is 5.44. The van der Waals surface area contributed by atoms with E-state index in [-0.39, 0.29) is 5.82 Å². The molecule has 18 heavy (non-hydrogen) atoms. The molecule has 6 heteroatoms. The third kappa shape index (κ3) is 2.13. The van der Waals surface area contributed by atoms with Gasteiger partial charge in [0.1, 0.15) is 11.5 Å². The second-order valence-electron chi connectivity index (χ2n) is 3.90. The van der Waals surface area contributed by atoms with Crippen molar-refractivity contribution >= 4 is 0 Å². The number of nitrogens with one attached hydrogen (secondary N) is 1. The standard InChI is InChI=1S/C12H10FN5/c13-10-3-1-9(2-4-10)12-7-18(8-14-12)6-11-5-15-17-16-11/h1-5,7-8H,6H2,(H,15,16,17). The van der Waals surface area contributed by atoms with Gasteiger partial charge in [-0.2, -0.15) is 0 Å². The van der Waals surface area contributed by atoms with Crippen molar-refractivity contribution in [2.45, 2.75) is 6.54 Å². The number of nitrogens with zero attached hydrogens (tertiary/aromatic N) is 4. The highest BCUT2D eigenvalue weighted by molar-refractivity contribution is 5.57. The molecule has 0 aliphatic heterocycles. The molecule has 0 fully saturated rings. The van der Waals surface area contributed by atoms with Gasteiger partial charge in [-0.05, 0) is 24.3 Å². The zero-order chi connectivity index (χ0) is 12.4. The quantitative estimate of drug-likeness (QED) is 0.763. The number of hydrogen-bond donors (Lipinski definition) is 1. The third-order valence-corrected chi connectivity index (χ3v) is 2.59. The average Bonchev–Trinajstić information content (AvgIpc) is 3.02. The molecule has 0 unspecified atom stereocenters. The van der Waals surface area contributed by atoms with Crippen molar-refractivity contribution < 1.29 is 4.39 Å². The molecule has 90 valence electrons. The zero-order valence-corrected chi connectivity index (χ0v) is 9.42. The van der Waals surface area contributed by atoms with E-state index in [9.17, 15) is 4.39 Å². The van der Waals surface area contributed by atoms with Crippen molar-refractivity contribution in [3.05, 3.63) is 54.5 Å². The van der Waals surface area contributed by atoms with Crippen molar-refractivity contribution in [1.82, 2.24) is 25.0 Å². The SMILES string of the molecule is Fc1ccc(-c2cn(Cc3c[nH]nn3)cn2)cc1. The number of H-pyrrole nitrogens is 1. The summed E-state index contributed by atoms with van der Waals surface area (Å²) in [5, 5.41) is 10.2. The second-order valence-corrected chi connectivity index (χ2v) is 3.90. The summed E-state index contributed by atoms with van der Waals surface area (Å²) in [6, 6.07) is 6.26. The van der Waals surface area contributed by atoms with Crippen LogP contribution in [0.15, 0.2) is 43.0 Å². The highest BCUT2D eigenvalue weighted by atomic mass is 19.1. The fraction of sp³-hybridized carbons (Fsp3) is 0.0833. The van der Waals surface area contributed by atoms with Gasteiger partial charge in [0.2, 0.25) is 0 Å². The molecule has 2 aromatic heterocycles. The van der Waals surface area contributed by atoms with Gasteiger partial charge in [0.25, 0.3) is 0 Å². The van der Waals surface area contributed by atoms with Gasteiger partial charge in [-0.25, -0.2) is 9.37 Å². The molecule has 0 aliphatic carbocycles. The topological polar surface area (TPSA) is 59.4 Å². The van der Waals surface area contributed by atoms with E-state index in [1.54, 1.807) is 24.7 Å². The molecule has 3 aromatic rings. The molecule has 0 bridgehead atoms. The number of benzene rings is 1. The van der Waals surface area contributed by atoms with E-state index in [1.807, 2.05) is 10.8 Å². The molecule has 5 nitrogen and oxygen atoms in total. The van der Waals surface area contributed by atoms with Gasteiger partial charge >= 0.3 is 0 Å². The van der Waals surface area contributed by atoms with Crippen LogP contribution < -0.4 is 0 Å². The Balaban J connectivity index is 1.83. The molecule has 0 saturated carbocycles. The van der Waals surface area contributed by atoms with E-state index in [0.717, 1.165) is 17.0 Å². The molecule has 2 heterocycles. The van der Waals surface area contributed by atoms with Crippen LogP contribution in [0.2, 0.25) is 0 Å². The van der Waals surface area contributed by atoms with E-state index < -0.39 is 0 Å². The highest BCUT2D eigenvalue weighted by Gasteiger charge is 2.04. The summed E-state index contributed by atoms with van der Waals surface area (Å²) in [4.78, 5) is 4.28. The van der Waals surface area contributed by atoms with Crippen LogP contribution in [0, 0.1) is 5.82 Å². The van der Waals surface area contributed by atoms with E-state index in [2.05, 4.69) is 20.4 Å². The minimum Gasteiger partial charge on any atom is -0.331 e. The Bertz CT molecular complexity index is 627. The minimum atomic E-state index is -0.249. The van der Waals surface area contributed by atoms with Crippen LogP contribution in [0.3, 0.4) is 0 Å². The lowest BCUT2D eigenvalue weighted by atomic mass is 10.2. The zero-order valence-electron chi connectivity index (χ0n) is 9.42. The maximum atomic E-state index is 12.8. The van der Waals surface area contributed by atoms with Gasteiger partial charge in [0, 0.05) is 18.0 Å². The molecule has 1 N–H and O–H groups in total. The van der Waals surface area contributed by atoms with Crippen molar-refractivity contribution in [1.29, 1.82) is 0 Å². The Morgan fingerprint density at radius 1 is 1.22 bits per heavy atom. The average molecular weight is 243 g/mol. The van der Waals surface area contributed by atoms with Gasteiger partial charge in [0.05, 0.1) is 18.6 Å². The van der Waals surface area contributed by atoms with E-state index in [0.29, 0.717) is 6.54 Å². The Morgan fingerprint density at radius 2 is 2.06 bits per heavy atom. The number of hydrogen-bond acceptors (Lipinski definition) is 3. The van der Waals surface area contributed by atoms with Crippen LogP contribution in [-0.2, 0) is 6.54 Å². The minimum absolute atomic E-state index is 0.249. The first-order valence-electron chi connectivity index (χ1n) is 5.44. The van der Waals surface area contributed by atoms with Crippen LogP contribution in [0.1, 0.15) is 5.69 Å². The fourth-order valence-electron chi connectivity index (χ4n) is 1.71. The largest absolute Gasteiger partial charge is 0.331 e. The smallest absolute Gasteiger partial charge is 0.123 e. The van der Waals surface area contributed by atoms with Gasteiger partial charge in [-0.1, -0.05) is 5.21 Å². The fourth-order valence-corrected chi connectivity index (χ4v) is 1.71. The summed E-state index contributed by atoms with van der Waals surface area (Å²) in [6.07, 6.45) is 5.34. The number of aromatic nitrogens is 5. The lowest BCUT2D eigenvalue weighted by Crippen LogP contribution is -1.96. The molecule has 0 atom stereocenters. The summed E-state index contributed by atoms with van der Waals surface area (Å²) in [5.41, 5.74) is 2.52. The van der Waals surface area contributed by atoms with E-state index in [1.165, 1.54) is 12.1 Å². The Kier molecular flexibility index (Phi) is 2.60. The Morgan fingerprint density at radius 3 is 2.78 bits per heavy atom. The van der Waals surface area contributed by atoms with Crippen LogP contribution in [0.25, 0.3) is 11.3 Å². The molecule has 0 radical (unpaired) electrons.